The lowest BCUT2D eigenvalue weighted by Crippen LogP contribution is -2.32. The highest BCUT2D eigenvalue weighted by Crippen LogP contribution is 2.32. The molecule has 0 bridgehead atoms. The topological polar surface area (TPSA) is 87.7 Å². The number of anilines is 3. The molecule has 4 rings (SSSR count). The maximum Gasteiger partial charge on any atom is 0.283 e. The molecule has 0 fully saturated rings. The van der Waals surface area contributed by atoms with Gasteiger partial charge < -0.3 is 15.4 Å². The largest absolute Gasteiger partial charge is 0.494 e. The number of ether oxygens (including phenoxy) is 1. The molecule has 3 aromatic rings. The number of nitrogens with zero attached hydrogens (tertiary/aromatic N) is 1. The quantitative estimate of drug-likeness (QED) is 0.211. The first-order valence-corrected chi connectivity index (χ1v) is 13.0. The third-order valence-electron chi connectivity index (χ3n) is 5.98. The first kappa shape index (κ1) is 27.2. The fourth-order valence-corrected chi connectivity index (χ4v) is 4.27. The summed E-state index contributed by atoms with van der Waals surface area (Å²) >= 11 is 12.3. The number of unbranched alkanes of at least 4 members (excludes halogenated alkanes) is 2. The van der Waals surface area contributed by atoms with E-state index in [9.17, 15) is 14.4 Å². The Labute approximate surface area is 231 Å². The first-order valence-electron chi connectivity index (χ1n) is 12.2. The smallest absolute Gasteiger partial charge is 0.283 e. The van der Waals surface area contributed by atoms with Gasteiger partial charge in [0.2, 0.25) is 0 Å². The van der Waals surface area contributed by atoms with Crippen molar-refractivity contribution in [1.29, 1.82) is 0 Å². The summed E-state index contributed by atoms with van der Waals surface area (Å²) in [5, 5.41) is 5.94. The van der Waals surface area contributed by atoms with Crippen molar-refractivity contribution < 1.29 is 19.1 Å². The van der Waals surface area contributed by atoms with Gasteiger partial charge in [0.25, 0.3) is 17.7 Å². The van der Waals surface area contributed by atoms with E-state index >= 15 is 0 Å². The summed E-state index contributed by atoms with van der Waals surface area (Å²) in [5.41, 5.74) is 2.43. The molecule has 0 aromatic heterocycles. The summed E-state index contributed by atoms with van der Waals surface area (Å²) in [4.78, 5) is 39.8. The number of aryl methyl sites for hydroxylation is 1. The minimum atomic E-state index is -0.661. The van der Waals surface area contributed by atoms with Crippen molar-refractivity contribution in [1.82, 2.24) is 0 Å². The van der Waals surface area contributed by atoms with Crippen LogP contribution in [0.3, 0.4) is 0 Å². The highest BCUT2D eigenvalue weighted by Gasteiger charge is 2.39. The molecule has 1 aliphatic heterocycles. The Morgan fingerprint density at radius 3 is 2.42 bits per heavy atom. The van der Waals surface area contributed by atoms with Crippen LogP contribution < -0.4 is 20.3 Å². The number of hydrogen-bond acceptors (Lipinski definition) is 5. The van der Waals surface area contributed by atoms with Gasteiger partial charge in [0.15, 0.2) is 0 Å². The Hall–Kier alpha value is -3.81. The molecular weight excluding hydrogens is 525 g/mol. The van der Waals surface area contributed by atoms with Gasteiger partial charge in [-0.1, -0.05) is 55.1 Å². The second-order valence-corrected chi connectivity index (χ2v) is 9.62. The minimum Gasteiger partial charge on any atom is -0.494 e. The van der Waals surface area contributed by atoms with Crippen molar-refractivity contribution in [2.24, 2.45) is 0 Å². The van der Waals surface area contributed by atoms with Gasteiger partial charge in [0.05, 0.1) is 12.3 Å². The van der Waals surface area contributed by atoms with E-state index in [4.69, 9.17) is 27.9 Å². The number of rotatable bonds is 10. The molecular formula is C29H27Cl2N3O4. The zero-order valence-electron chi connectivity index (χ0n) is 21.0. The molecule has 0 aliphatic carbocycles. The summed E-state index contributed by atoms with van der Waals surface area (Å²) < 4.78 is 5.71. The molecule has 1 aliphatic rings. The van der Waals surface area contributed by atoms with E-state index in [0.29, 0.717) is 34.3 Å². The van der Waals surface area contributed by atoms with E-state index in [1.807, 2.05) is 19.1 Å². The second-order valence-electron chi connectivity index (χ2n) is 8.80. The van der Waals surface area contributed by atoms with Crippen molar-refractivity contribution in [3.63, 3.8) is 0 Å². The van der Waals surface area contributed by atoms with Gasteiger partial charge in [-0.15, -0.1) is 0 Å². The van der Waals surface area contributed by atoms with E-state index < -0.39 is 11.8 Å². The molecule has 2 N–H and O–H groups in total. The average Bonchev–Trinajstić information content (AvgIpc) is 3.11. The van der Waals surface area contributed by atoms with Crippen molar-refractivity contribution in [3.8, 4) is 5.75 Å². The summed E-state index contributed by atoms with van der Waals surface area (Å²) in [7, 11) is 0. The number of hydrogen-bond donors (Lipinski definition) is 2. The van der Waals surface area contributed by atoms with Crippen LogP contribution in [0.15, 0.2) is 77.5 Å². The Morgan fingerprint density at radius 2 is 1.71 bits per heavy atom. The summed E-state index contributed by atoms with van der Waals surface area (Å²) in [6.07, 6.45) is 3.25. The van der Waals surface area contributed by atoms with E-state index in [2.05, 4.69) is 17.6 Å². The number of benzene rings is 3. The highest BCUT2D eigenvalue weighted by atomic mass is 35.5. The molecule has 3 aromatic carbocycles. The third kappa shape index (κ3) is 6.18. The Morgan fingerprint density at radius 1 is 0.947 bits per heavy atom. The van der Waals surface area contributed by atoms with Crippen LogP contribution in [0.5, 0.6) is 5.75 Å². The number of carbonyl (C=O) groups is 3. The predicted molar refractivity (Wildman–Crippen MR) is 151 cm³/mol. The molecule has 1 heterocycles. The number of halogens is 2. The molecule has 9 heteroatoms. The molecule has 0 unspecified atom stereocenters. The van der Waals surface area contributed by atoms with Gasteiger partial charge in [-0.3, -0.25) is 14.4 Å². The van der Waals surface area contributed by atoms with E-state index in [1.54, 1.807) is 48.5 Å². The van der Waals surface area contributed by atoms with Crippen LogP contribution in [0.4, 0.5) is 17.1 Å². The summed E-state index contributed by atoms with van der Waals surface area (Å²) in [6, 6.07) is 18.6. The Bertz CT molecular complexity index is 1400. The molecule has 38 heavy (non-hydrogen) atoms. The second kappa shape index (κ2) is 12.2. The Kier molecular flexibility index (Phi) is 8.71. The van der Waals surface area contributed by atoms with Gasteiger partial charge in [-0.2, -0.15) is 0 Å². The van der Waals surface area contributed by atoms with Gasteiger partial charge in [-0.25, -0.2) is 4.90 Å². The van der Waals surface area contributed by atoms with E-state index in [-0.39, 0.29) is 16.6 Å². The minimum absolute atomic E-state index is 0.0770. The molecule has 0 saturated carbocycles. The summed E-state index contributed by atoms with van der Waals surface area (Å²) in [6.45, 7) is 4.61. The van der Waals surface area contributed by atoms with Crippen LogP contribution in [-0.4, -0.2) is 24.3 Å². The van der Waals surface area contributed by atoms with Gasteiger partial charge in [0.1, 0.15) is 16.5 Å². The zero-order chi connectivity index (χ0) is 27.2. The first-order chi connectivity index (χ1) is 18.3. The Balaban J connectivity index is 1.46. The van der Waals surface area contributed by atoms with Crippen LogP contribution in [-0.2, 0) is 9.59 Å². The van der Waals surface area contributed by atoms with Gasteiger partial charge in [-0.05, 0) is 73.5 Å². The number of amides is 3. The van der Waals surface area contributed by atoms with Crippen molar-refractivity contribution in [2.45, 2.75) is 33.1 Å². The van der Waals surface area contributed by atoms with Gasteiger partial charge in [0, 0.05) is 22.0 Å². The fraction of sp³-hybridized carbons (Fsp3) is 0.207. The SMILES string of the molecule is CCCCCOc1ccc(NC(=O)c2ccc(C)c(NC3=C(Cl)C(=O)N(c4cccc(Cl)c4)C3=O)c2)cc1. The molecule has 0 spiro atoms. The number of carbonyl (C=O) groups excluding carboxylic acids is 3. The third-order valence-corrected chi connectivity index (χ3v) is 6.57. The normalized spacial score (nSPS) is 13.2. The lowest BCUT2D eigenvalue weighted by atomic mass is 10.1. The fourth-order valence-electron chi connectivity index (χ4n) is 3.87. The van der Waals surface area contributed by atoms with E-state index in [1.165, 1.54) is 6.07 Å². The van der Waals surface area contributed by atoms with Crippen LogP contribution in [0, 0.1) is 6.92 Å². The maximum atomic E-state index is 13.1. The lowest BCUT2D eigenvalue weighted by Gasteiger charge is -2.16. The predicted octanol–water partition coefficient (Wildman–Crippen LogP) is 6.91. The van der Waals surface area contributed by atoms with Crippen molar-refractivity contribution in [3.05, 3.63) is 93.6 Å². The highest BCUT2D eigenvalue weighted by molar-refractivity contribution is 6.53. The number of imide groups is 1. The molecule has 3 amide bonds. The van der Waals surface area contributed by atoms with Crippen molar-refractivity contribution >= 4 is 58.0 Å². The average molecular weight is 552 g/mol. The molecule has 7 nitrogen and oxygen atoms in total. The standard InChI is InChI=1S/C29H27Cl2N3O4/c1-3-4-5-15-38-23-13-11-21(12-14-23)32-27(35)19-10-9-18(2)24(16-19)33-26-25(31)28(36)34(29(26)37)22-8-6-7-20(30)17-22/h6-14,16-17,33H,3-5,15H2,1-2H3,(H,32,35). The molecule has 0 saturated heterocycles. The van der Waals surface area contributed by atoms with Crippen LogP contribution in [0.2, 0.25) is 5.02 Å². The lowest BCUT2D eigenvalue weighted by molar-refractivity contribution is -0.120. The van der Waals surface area contributed by atoms with E-state index in [0.717, 1.165) is 35.5 Å². The molecule has 0 radical (unpaired) electrons. The maximum absolute atomic E-state index is 13.1. The molecule has 196 valence electrons. The van der Waals surface area contributed by atoms with Crippen LogP contribution in [0.25, 0.3) is 0 Å². The number of nitrogens with one attached hydrogen (secondary N) is 2. The van der Waals surface area contributed by atoms with Gasteiger partial charge >= 0.3 is 0 Å². The van der Waals surface area contributed by atoms with Crippen molar-refractivity contribution in [2.75, 3.05) is 22.1 Å². The summed E-state index contributed by atoms with van der Waals surface area (Å²) in [5.74, 6) is -0.868. The zero-order valence-corrected chi connectivity index (χ0v) is 22.5. The van der Waals surface area contributed by atoms with Crippen LogP contribution in [0.1, 0.15) is 42.1 Å². The van der Waals surface area contributed by atoms with Crippen LogP contribution >= 0.6 is 23.2 Å². The monoisotopic (exact) mass is 551 g/mol. The molecule has 0 atom stereocenters.